The Kier molecular flexibility index (Phi) is 2.74. The zero-order chi connectivity index (χ0) is 11.0. The van der Waals surface area contributed by atoms with Crippen LogP contribution in [0, 0.1) is 5.92 Å². The molecule has 0 amide bonds. The Bertz CT molecular complexity index is 442. The third kappa shape index (κ3) is 1.89. The van der Waals surface area contributed by atoms with Crippen molar-refractivity contribution in [2.24, 2.45) is 5.92 Å². The van der Waals surface area contributed by atoms with Gasteiger partial charge in [0.2, 0.25) is 0 Å². The first-order valence-corrected chi connectivity index (χ1v) is 7.00. The van der Waals surface area contributed by atoms with E-state index in [0.29, 0.717) is 0 Å². The van der Waals surface area contributed by atoms with Crippen LogP contribution in [0.3, 0.4) is 0 Å². The summed E-state index contributed by atoms with van der Waals surface area (Å²) in [4.78, 5) is 6.08. The van der Waals surface area contributed by atoms with Crippen LogP contribution in [0.2, 0.25) is 0 Å². The van der Waals surface area contributed by atoms with E-state index in [1.807, 2.05) is 11.3 Å². The summed E-state index contributed by atoms with van der Waals surface area (Å²) in [6.07, 6.45) is 2.71. The fourth-order valence-electron chi connectivity index (χ4n) is 2.62. The maximum Gasteiger partial charge on any atom is 0.0565 e. The Labute approximate surface area is 100 Å². The fourth-order valence-corrected chi connectivity index (χ4v) is 3.43. The Morgan fingerprint density at radius 1 is 1.56 bits per heavy atom. The second-order valence-corrected chi connectivity index (χ2v) is 5.74. The molecule has 0 radical (unpaired) electrons. The second-order valence-electron chi connectivity index (χ2n) is 4.79. The summed E-state index contributed by atoms with van der Waals surface area (Å²) in [6.45, 7) is 5.95. The molecule has 3 rings (SSSR count). The van der Waals surface area contributed by atoms with Crippen molar-refractivity contribution >= 4 is 21.6 Å². The van der Waals surface area contributed by atoms with E-state index >= 15 is 0 Å². The van der Waals surface area contributed by atoms with Gasteiger partial charge in [-0.3, -0.25) is 4.90 Å². The lowest BCUT2D eigenvalue weighted by molar-refractivity contribution is 0.312. The first-order valence-electron chi connectivity index (χ1n) is 6.12. The molecule has 2 aromatic rings. The van der Waals surface area contributed by atoms with Gasteiger partial charge in [-0.1, -0.05) is 13.3 Å². The molecule has 1 fully saturated rings. The van der Waals surface area contributed by atoms with E-state index in [2.05, 4.69) is 34.3 Å². The molecule has 3 heteroatoms. The van der Waals surface area contributed by atoms with E-state index in [1.165, 1.54) is 41.8 Å². The Hall–Kier alpha value is -0.800. The number of aromatic amines is 1. The fraction of sp³-hybridized carbons (Fsp3) is 0.538. The molecule has 0 aromatic carbocycles. The van der Waals surface area contributed by atoms with Crippen LogP contribution in [0.5, 0.6) is 0 Å². The van der Waals surface area contributed by atoms with Crippen LogP contribution in [0.4, 0.5) is 0 Å². The van der Waals surface area contributed by atoms with Gasteiger partial charge in [-0.2, -0.15) is 0 Å². The highest BCUT2D eigenvalue weighted by Gasteiger charge is 2.21. The van der Waals surface area contributed by atoms with Crippen molar-refractivity contribution in [3.8, 4) is 0 Å². The SMILES string of the molecule is CCC1CCN(Cc2cc3sccc3[nH]2)C1. The molecule has 86 valence electrons. The normalized spacial score (nSPS) is 22.2. The van der Waals surface area contributed by atoms with Crippen LogP contribution >= 0.6 is 11.3 Å². The monoisotopic (exact) mass is 234 g/mol. The minimum absolute atomic E-state index is 0.927. The third-order valence-corrected chi connectivity index (χ3v) is 4.50. The van der Waals surface area contributed by atoms with Crippen LogP contribution in [0.1, 0.15) is 25.5 Å². The minimum atomic E-state index is 0.927. The Balaban J connectivity index is 1.69. The Morgan fingerprint density at radius 2 is 2.50 bits per heavy atom. The summed E-state index contributed by atoms with van der Waals surface area (Å²) in [5, 5.41) is 2.15. The molecule has 0 bridgehead atoms. The topological polar surface area (TPSA) is 19.0 Å². The average Bonchev–Trinajstić information content (AvgIpc) is 2.92. The van der Waals surface area contributed by atoms with Crippen molar-refractivity contribution in [2.45, 2.75) is 26.3 Å². The van der Waals surface area contributed by atoms with Crippen LogP contribution in [-0.4, -0.2) is 23.0 Å². The maximum atomic E-state index is 3.50. The number of fused-ring (bicyclic) bond motifs is 1. The molecule has 0 saturated carbocycles. The molecule has 1 atom stereocenters. The number of H-pyrrole nitrogens is 1. The van der Waals surface area contributed by atoms with Gasteiger partial charge < -0.3 is 4.98 Å². The largest absolute Gasteiger partial charge is 0.357 e. The summed E-state index contributed by atoms with van der Waals surface area (Å²) >= 11 is 1.82. The number of nitrogens with zero attached hydrogens (tertiary/aromatic N) is 1. The zero-order valence-corrected chi connectivity index (χ0v) is 10.5. The van der Waals surface area contributed by atoms with E-state index in [-0.39, 0.29) is 0 Å². The van der Waals surface area contributed by atoms with E-state index in [4.69, 9.17) is 0 Å². The highest BCUT2D eigenvalue weighted by molar-refractivity contribution is 7.17. The van der Waals surface area contributed by atoms with Gasteiger partial charge in [0, 0.05) is 18.8 Å². The summed E-state index contributed by atoms with van der Waals surface area (Å²) < 4.78 is 1.39. The molecule has 2 aromatic heterocycles. The van der Waals surface area contributed by atoms with Crippen molar-refractivity contribution < 1.29 is 0 Å². The maximum absolute atomic E-state index is 3.50. The van der Waals surface area contributed by atoms with Crippen molar-refractivity contribution in [2.75, 3.05) is 13.1 Å². The quantitative estimate of drug-likeness (QED) is 0.861. The lowest BCUT2D eigenvalue weighted by atomic mass is 10.1. The molecule has 0 aliphatic carbocycles. The number of nitrogens with one attached hydrogen (secondary N) is 1. The average molecular weight is 234 g/mol. The highest BCUT2D eigenvalue weighted by atomic mass is 32.1. The van der Waals surface area contributed by atoms with Gasteiger partial charge in [0.25, 0.3) is 0 Å². The Morgan fingerprint density at radius 3 is 3.25 bits per heavy atom. The zero-order valence-electron chi connectivity index (χ0n) is 9.70. The molecule has 1 aliphatic rings. The van der Waals surface area contributed by atoms with Gasteiger partial charge in [-0.25, -0.2) is 0 Å². The molecule has 0 spiro atoms. The van der Waals surface area contributed by atoms with E-state index < -0.39 is 0 Å². The molecular formula is C13H18N2S. The van der Waals surface area contributed by atoms with Crippen LogP contribution in [-0.2, 0) is 6.54 Å². The van der Waals surface area contributed by atoms with Crippen LogP contribution < -0.4 is 0 Å². The first-order chi connectivity index (χ1) is 7.85. The van der Waals surface area contributed by atoms with E-state index in [1.54, 1.807) is 0 Å². The molecule has 1 aliphatic heterocycles. The summed E-state index contributed by atoms with van der Waals surface area (Å²) in [6, 6.07) is 4.47. The number of hydrogen-bond donors (Lipinski definition) is 1. The summed E-state index contributed by atoms with van der Waals surface area (Å²) in [7, 11) is 0. The minimum Gasteiger partial charge on any atom is -0.357 e. The molecule has 1 N–H and O–H groups in total. The molecular weight excluding hydrogens is 216 g/mol. The highest BCUT2D eigenvalue weighted by Crippen LogP contribution is 2.24. The van der Waals surface area contributed by atoms with Gasteiger partial charge in [0.05, 0.1) is 10.2 Å². The molecule has 3 heterocycles. The number of likely N-dealkylation sites (tertiary alicyclic amines) is 1. The smallest absolute Gasteiger partial charge is 0.0565 e. The van der Waals surface area contributed by atoms with Gasteiger partial charge in [-0.05, 0) is 36.4 Å². The van der Waals surface area contributed by atoms with Crippen molar-refractivity contribution in [3.63, 3.8) is 0 Å². The van der Waals surface area contributed by atoms with E-state index in [0.717, 1.165) is 12.5 Å². The van der Waals surface area contributed by atoms with Gasteiger partial charge in [0.1, 0.15) is 0 Å². The van der Waals surface area contributed by atoms with Crippen molar-refractivity contribution in [1.82, 2.24) is 9.88 Å². The number of thiophene rings is 1. The van der Waals surface area contributed by atoms with Crippen molar-refractivity contribution in [1.29, 1.82) is 0 Å². The first kappa shape index (κ1) is 10.4. The molecule has 1 saturated heterocycles. The number of hydrogen-bond acceptors (Lipinski definition) is 2. The van der Waals surface area contributed by atoms with Crippen molar-refractivity contribution in [3.05, 3.63) is 23.2 Å². The summed E-state index contributed by atoms with van der Waals surface area (Å²) in [5.74, 6) is 0.927. The lowest BCUT2D eigenvalue weighted by Gasteiger charge is -2.14. The number of rotatable bonds is 3. The van der Waals surface area contributed by atoms with Gasteiger partial charge in [-0.15, -0.1) is 11.3 Å². The van der Waals surface area contributed by atoms with Crippen LogP contribution in [0.15, 0.2) is 17.5 Å². The second kappa shape index (κ2) is 4.22. The van der Waals surface area contributed by atoms with Gasteiger partial charge >= 0.3 is 0 Å². The predicted octanol–water partition coefficient (Wildman–Crippen LogP) is 3.46. The molecule has 16 heavy (non-hydrogen) atoms. The molecule has 2 nitrogen and oxygen atoms in total. The van der Waals surface area contributed by atoms with Crippen LogP contribution in [0.25, 0.3) is 10.2 Å². The lowest BCUT2D eigenvalue weighted by Crippen LogP contribution is -2.20. The number of aromatic nitrogens is 1. The van der Waals surface area contributed by atoms with Gasteiger partial charge in [0.15, 0.2) is 0 Å². The predicted molar refractivity (Wildman–Crippen MR) is 69.9 cm³/mol. The summed E-state index contributed by atoms with van der Waals surface area (Å²) in [5.41, 5.74) is 2.67. The third-order valence-electron chi connectivity index (χ3n) is 3.64. The van der Waals surface area contributed by atoms with E-state index in [9.17, 15) is 0 Å². The standard InChI is InChI=1S/C13H18N2S/c1-2-10-3-5-15(8-10)9-11-7-13-12(14-11)4-6-16-13/h4,6-7,10,14H,2-3,5,8-9H2,1H3. The molecule has 1 unspecified atom stereocenters.